The number of likely N-dealkylation sites (tertiary alicyclic amines) is 1. The molecule has 36 heavy (non-hydrogen) atoms. The number of carbonyl (C=O) groups is 1. The van der Waals surface area contributed by atoms with Gasteiger partial charge in [-0.3, -0.25) is 0 Å². The standard InChI is InChI=1S/C22H20F7NO5S/c1-2-35-18(31)30-12-11-19(13-30,36(33,34)17-9-7-16(23)8-10-17)14-3-5-15(6-4-14)20(32,21(24,25)26)22(27,28)29/h3-10,32H,2,11-13H2,1H3. The molecule has 2 aromatic carbocycles. The molecule has 14 heteroatoms. The highest BCUT2D eigenvalue weighted by Gasteiger charge is 2.71. The van der Waals surface area contributed by atoms with Crippen molar-refractivity contribution in [3.63, 3.8) is 0 Å². The summed E-state index contributed by atoms with van der Waals surface area (Å²) in [7, 11) is -4.48. The Hall–Kier alpha value is -2.87. The van der Waals surface area contributed by atoms with Crippen LogP contribution in [-0.4, -0.2) is 56.6 Å². The van der Waals surface area contributed by atoms with Gasteiger partial charge in [-0.05, 0) is 43.2 Å². The van der Waals surface area contributed by atoms with Crippen LogP contribution >= 0.6 is 0 Å². The van der Waals surface area contributed by atoms with Crippen LogP contribution in [0.1, 0.15) is 24.5 Å². The lowest BCUT2D eigenvalue weighted by Gasteiger charge is -2.34. The third-order valence-electron chi connectivity index (χ3n) is 6.05. The predicted octanol–water partition coefficient (Wildman–Crippen LogP) is 4.67. The third-order valence-corrected chi connectivity index (χ3v) is 8.54. The first-order chi connectivity index (χ1) is 16.5. The minimum atomic E-state index is -6.13. The lowest BCUT2D eigenvalue weighted by molar-refractivity contribution is -0.376. The molecule has 1 amide bonds. The van der Waals surface area contributed by atoms with E-state index in [9.17, 15) is 49.1 Å². The maximum Gasteiger partial charge on any atom is 0.430 e. The fourth-order valence-electron chi connectivity index (χ4n) is 4.11. The number of carbonyl (C=O) groups excluding carboxylic acids is 1. The van der Waals surface area contributed by atoms with Gasteiger partial charge >= 0.3 is 18.4 Å². The van der Waals surface area contributed by atoms with Crippen molar-refractivity contribution in [3.05, 3.63) is 65.5 Å². The highest BCUT2D eigenvalue weighted by atomic mass is 32.2. The van der Waals surface area contributed by atoms with Crippen LogP contribution in [0, 0.1) is 5.82 Å². The zero-order chi connectivity index (χ0) is 27.2. The van der Waals surface area contributed by atoms with Gasteiger partial charge in [-0.2, -0.15) is 26.3 Å². The second kappa shape index (κ2) is 9.21. The number of amides is 1. The molecular formula is C22H20F7NO5S. The van der Waals surface area contributed by atoms with E-state index in [1.165, 1.54) is 6.92 Å². The molecule has 1 N–H and O–H groups in total. The molecule has 2 aromatic rings. The number of ether oxygens (including phenoxy) is 1. The van der Waals surface area contributed by atoms with Crippen molar-refractivity contribution in [2.75, 3.05) is 19.7 Å². The zero-order valence-electron chi connectivity index (χ0n) is 18.5. The van der Waals surface area contributed by atoms with Gasteiger partial charge in [0.05, 0.1) is 11.5 Å². The Morgan fingerprint density at radius 1 is 1.00 bits per heavy atom. The molecule has 0 aliphatic carbocycles. The Labute approximate surface area is 201 Å². The first-order valence-corrected chi connectivity index (χ1v) is 11.9. The number of nitrogens with zero attached hydrogens (tertiary/aromatic N) is 1. The first-order valence-electron chi connectivity index (χ1n) is 10.4. The number of hydrogen-bond acceptors (Lipinski definition) is 5. The largest absolute Gasteiger partial charge is 0.450 e. The Kier molecular flexibility index (Phi) is 7.09. The number of alkyl halides is 6. The van der Waals surface area contributed by atoms with Gasteiger partial charge in [0, 0.05) is 18.7 Å². The van der Waals surface area contributed by atoms with E-state index in [1.54, 1.807) is 0 Å². The zero-order valence-corrected chi connectivity index (χ0v) is 19.3. The van der Waals surface area contributed by atoms with Crippen molar-refractivity contribution in [1.82, 2.24) is 4.90 Å². The average Bonchev–Trinajstić information content (AvgIpc) is 3.25. The number of rotatable bonds is 5. The summed E-state index contributed by atoms with van der Waals surface area (Å²) in [6, 6.07) is 5.79. The normalized spacial score (nSPS) is 19.4. The van der Waals surface area contributed by atoms with E-state index < -0.39 is 56.6 Å². The summed E-state index contributed by atoms with van der Waals surface area (Å²) in [5.41, 5.74) is -7.00. The van der Waals surface area contributed by atoms with Gasteiger partial charge in [0.25, 0.3) is 5.60 Å². The summed E-state index contributed by atoms with van der Waals surface area (Å²) in [6.07, 6.45) is -13.4. The van der Waals surface area contributed by atoms with Crippen molar-refractivity contribution in [2.45, 2.75) is 40.9 Å². The lowest BCUT2D eigenvalue weighted by Crippen LogP contribution is -2.54. The molecule has 0 saturated carbocycles. The van der Waals surface area contributed by atoms with Crippen LogP contribution in [0.15, 0.2) is 53.4 Å². The minimum absolute atomic E-state index is 0.0325. The Balaban J connectivity index is 2.16. The molecule has 0 bridgehead atoms. The molecule has 1 unspecified atom stereocenters. The third kappa shape index (κ3) is 4.40. The molecule has 6 nitrogen and oxygen atoms in total. The van der Waals surface area contributed by atoms with Crippen LogP contribution in [0.4, 0.5) is 35.5 Å². The summed E-state index contributed by atoms with van der Waals surface area (Å²) in [5.74, 6) is -0.745. The highest BCUT2D eigenvalue weighted by molar-refractivity contribution is 7.92. The van der Waals surface area contributed by atoms with Gasteiger partial charge in [0.2, 0.25) is 0 Å². The van der Waals surface area contributed by atoms with E-state index >= 15 is 0 Å². The quantitative estimate of drug-likeness (QED) is 0.438. The highest BCUT2D eigenvalue weighted by Crippen LogP contribution is 2.51. The summed E-state index contributed by atoms with van der Waals surface area (Å²) >= 11 is 0. The molecule has 198 valence electrons. The van der Waals surface area contributed by atoms with Crippen LogP contribution in [-0.2, 0) is 24.9 Å². The fraction of sp³-hybridized carbons (Fsp3) is 0.409. The van der Waals surface area contributed by atoms with Crippen LogP contribution < -0.4 is 0 Å². The van der Waals surface area contributed by atoms with Crippen LogP contribution in [0.25, 0.3) is 0 Å². The maximum atomic E-state index is 13.7. The number of hydrogen-bond donors (Lipinski definition) is 1. The monoisotopic (exact) mass is 543 g/mol. The Bertz CT molecular complexity index is 1200. The summed E-state index contributed by atoms with van der Waals surface area (Å²) < 4.78 is 123. The van der Waals surface area contributed by atoms with Crippen molar-refractivity contribution < 1.29 is 53.8 Å². The molecule has 1 aliphatic heterocycles. The predicted molar refractivity (Wildman–Crippen MR) is 111 cm³/mol. The number of aliphatic hydroxyl groups is 1. The topological polar surface area (TPSA) is 83.9 Å². The molecule has 1 aliphatic rings. The second-order valence-electron chi connectivity index (χ2n) is 8.11. The SMILES string of the molecule is CCOC(=O)N1CCC(c2ccc(C(O)(C(F)(F)F)C(F)(F)F)cc2)(S(=O)(=O)c2ccc(F)cc2)C1. The van der Waals surface area contributed by atoms with Crippen molar-refractivity contribution in [1.29, 1.82) is 0 Å². The summed E-state index contributed by atoms with van der Waals surface area (Å²) in [5, 5.41) is 9.64. The van der Waals surface area contributed by atoms with Gasteiger partial charge < -0.3 is 14.7 Å². The molecule has 3 rings (SSSR count). The molecular weight excluding hydrogens is 523 g/mol. The average molecular weight is 543 g/mol. The van der Waals surface area contributed by atoms with Crippen molar-refractivity contribution >= 4 is 15.9 Å². The molecule has 1 heterocycles. The van der Waals surface area contributed by atoms with Crippen LogP contribution in [0.3, 0.4) is 0 Å². The van der Waals surface area contributed by atoms with E-state index in [2.05, 4.69) is 0 Å². The molecule has 1 saturated heterocycles. The molecule has 0 radical (unpaired) electrons. The van der Waals surface area contributed by atoms with Gasteiger partial charge in [0.15, 0.2) is 9.84 Å². The minimum Gasteiger partial charge on any atom is -0.450 e. The number of sulfone groups is 1. The van der Waals surface area contributed by atoms with Gasteiger partial charge in [-0.15, -0.1) is 0 Å². The first kappa shape index (κ1) is 27.7. The van der Waals surface area contributed by atoms with Gasteiger partial charge in [-0.25, -0.2) is 17.6 Å². The molecule has 0 spiro atoms. The van der Waals surface area contributed by atoms with Gasteiger partial charge in [0.1, 0.15) is 10.6 Å². The summed E-state index contributed by atoms with van der Waals surface area (Å²) in [4.78, 5) is 12.9. The molecule has 1 fully saturated rings. The van der Waals surface area contributed by atoms with E-state index in [1.807, 2.05) is 0 Å². The fourth-order valence-corrected chi connectivity index (χ4v) is 6.18. The Morgan fingerprint density at radius 2 is 1.53 bits per heavy atom. The van der Waals surface area contributed by atoms with Gasteiger partial charge in [-0.1, -0.05) is 24.3 Å². The van der Waals surface area contributed by atoms with E-state index in [0.29, 0.717) is 12.1 Å². The number of halogens is 7. The van der Waals surface area contributed by atoms with E-state index in [4.69, 9.17) is 4.74 Å². The smallest absolute Gasteiger partial charge is 0.430 e. The summed E-state index contributed by atoms with van der Waals surface area (Å²) in [6.45, 7) is 0.788. The lowest BCUT2D eigenvalue weighted by atomic mass is 9.89. The van der Waals surface area contributed by atoms with E-state index in [-0.39, 0.29) is 30.0 Å². The molecule has 0 aromatic heterocycles. The van der Waals surface area contributed by atoms with Crippen LogP contribution in [0.2, 0.25) is 0 Å². The maximum absolute atomic E-state index is 13.7. The Morgan fingerprint density at radius 3 is 2.00 bits per heavy atom. The van der Waals surface area contributed by atoms with E-state index in [0.717, 1.165) is 41.3 Å². The second-order valence-corrected chi connectivity index (χ2v) is 10.4. The van der Waals surface area contributed by atoms with Crippen molar-refractivity contribution in [3.8, 4) is 0 Å². The van der Waals surface area contributed by atoms with Crippen LogP contribution in [0.5, 0.6) is 0 Å². The molecule has 1 atom stereocenters. The van der Waals surface area contributed by atoms with Crippen molar-refractivity contribution in [2.24, 2.45) is 0 Å². The number of benzene rings is 2.